The number of hydrogen-bond donors (Lipinski definition) is 1. The quantitative estimate of drug-likeness (QED) is 0.925. The van der Waals surface area contributed by atoms with Gasteiger partial charge in [-0.3, -0.25) is 0 Å². The standard InChI is InChI=1S/C14H14Cl2N2O2S/c15-10-1-2-12(13(16)5-10)14(8-18-4-3-17-9-18)20-11(6-19)7-21-14/h1-5,9,11,19H,6-8H2/t11-,14-/m1/s1. The van der Waals surface area contributed by atoms with Crippen molar-refractivity contribution in [3.05, 3.63) is 52.5 Å². The number of ether oxygens (including phenoxy) is 1. The van der Waals surface area contributed by atoms with Crippen LogP contribution in [0.25, 0.3) is 0 Å². The predicted molar refractivity (Wildman–Crippen MR) is 84.8 cm³/mol. The molecule has 1 saturated heterocycles. The summed E-state index contributed by atoms with van der Waals surface area (Å²) in [6, 6.07) is 5.40. The van der Waals surface area contributed by atoms with Crippen molar-refractivity contribution < 1.29 is 9.84 Å². The molecule has 2 atom stereocenters. The normalized spacial score (nSPS) is 25.4. The Labute approximate surface area is 137 Å². The fourth-order valence-electron chi connectivity index (χ4n) is 2.38. The molecule has 0 radical (unpaired) electrons. The molecule has 1 fully saturated rings. The number of aromatic nitrogens is 2. The minimum atomic E-state index is -0.643. The molecule has 1 aliphatic heterocycles. The van der Waals surface area contributed by atoms with Crippen LogP contribution in [0.3, 0.4) is 0 Å². The van der Waals surface area contributed by atoms with Crippen LogP contribution in [0.2, 0.25) is 10.0 Å². The first-order valence-electron chi connectivity index (χ1n) is 6.47. The van der Waals surface area contributed by atoms with Crippen LogP contribution in [0, 0.1) is 0 Å². The second-order valence-corrected chi connectivity index (χ2v) is 6.97. The van der Waals surface area contributed by atoms with Crippen LogP contribution < -0.4 is 0 Å². The van der Waals surface area contributed by atoms with Crippen molar-refractivity contribution in [3.63, 3.8) is 0 Å². The van der Waals surface area contributed by atoms with Gasteiger partial charge in [0.05, 0.1) is 25.6 Å². The van der Waals surface area contributed by atoms with Crippen molar-refractivity contribution in [2.45, 2.75) is 17.6 Å². The second kappa shape index (κ2) is 6.18. The summed E-state index contributed by atoms with van der Waals surface area (Å²) < 4.78 is 8.06. The van der Waals surface area contributed by atoms with E-state index in [2.05, 4.69) is 4.98 Å². The van der Waals surface area contributed by atoms with Crippen LogP contribution in [0.5, 0.6) is 0 Å². The van der Waals surface area contributed by atoms with E-state index in [-0.39, 0.29) is 12.7 Å². The number of benzene rings is 1. The van der Waals surface area contributed by atoms with Gasteiger partial charge < -0.3 is 14.4 Å². The zero-order valence-corrected chi connectivity index (χ0v) is 13.4. The molecule has 0 amide bonds. The lowest BCUT2D eigenvalue weighted by Crippen LogP contribution is -2.30. The molecule has 1 aromatic carbocycles. The molecule has 0 unspecified atom stereocenters. The van der Waals surface area contributed by atoms with Crippen molar-refractivity contribution in [2.24, 2.45) is 0 Å². The summed E-state index contributed by atoms with van der Waals surface area (Å²) in [5.74, 6) is 0.712. The molecule has 0 bridgehead atoms. The lowest BCUT2D eigenvalue weighted by Gasteiger charge is -2.30. The van der Waals surface area contributed by atoms with Crippen LogP contribution in [0.4, 0.5) is 0 Å². The highest BCUT2D eigenvalue weighted by molar-refractivity contribution is 8.00. The summed E-state index contributed by atoms with van der Waals surface area (Å²) in [5, 5.41) is 10.5. The van der Waals surface area contributed by atoms with Crippen molar-refractivity contribution in [3.8, 4) is 0 Å². The molecule has 21 heavy (non-hydrogen) atoms. The fraction of sp³-hybridized carbons (Fsp3) is 0.357. The Morgan fingerprint density at radius 2 is 2.33 bits per heavy atom. The van der Waals surface area contributed by atoms with E-state index in [0.717, 1.165) is 5.56 Å². The SMILES string of the molecule is OC[C@@H]1CS[C@](Cn2ccnc2)(c2ccc(Cl)cc2Cl)O1. The van der Waals surface area contributed by atoms with Crippen molar-refractivity contribution >= 4 is 35.0 Å². The summed E-state index contributed by atoms with van der Waals surface area (Å²) >= 11 is 14.0. The molecule has 112 valence electrons. The van der Waals surface area contributed by atoms with Crippen LogP contribution in [-0.2, 0) is 16.2 Å². The molecular weight excluding hydrogens is 331 g/mol. The van der Waals surface area contributed by atoms with Crippen molar-refractivity contribution in [2.75, 3.05) is 12.4 Å². The van der Waals surface area contributed by atoms with E-state index in [1.165, 1.54) is 0 Å². The smallest absolute Gasteiger partial charge is 0.159 e. The van der Waals surface area contributed by atoms with Crippen LogP contribution in [0.15, 0.2) is 36.9 Å². The zero-order chi connectivity index (χ0) is 14.9. The Morgan fingerprint density at radius 1 is 1.48 bits per heavy atom. The summed E-state index contributed by atoms with van der Waals surface area (Å²) in [7, 11) is 0. The molecule has 2 heterocycles. The van der Waals surface area contributed by atoms with E-state index < -0.39 is 4.93 Å². The molecule has 7 heteroatoms. The Hall–Kier alpha value is -0.720. The molecule has 3 rings (SSSR count). The number of aliphatic hydroxyl groups is 1. The molecule has 0 spiro atoms. The van der Waals surface area contributed by atoms with Gasteiger partial charge in [-0.05, 0) is 12.1 Å². The van der Waals surface area contributed by atoms with Gasteiger partial charge in [0.1, 0.15) is 0 Å². The van der Waals surface area contributed by atoms with E-state index in [0.29, 0.717) is 22.3 Å². The number of thioether (sulfide) groups is 1. The molecule has 1 aromatic heterocycles. The van der Waals surface area contributed by atoms with Crippen molar-refractivity contribution in [1.82, 2.24) is 9.55 Å². The third kappa shape index (κ3) is 3.07. The zero-order valence-electron chi connectivity index (χ0n) is 11.1. The molecule has 4 nitrogen and oxygen atoms in total. The highest BCUT2D eigenvalue weighted by Gasteiger charge is 2.44. The van der Waals surface area contributed by atoms with Gasteiger partial charge in [-0.1, -0.05) is 29.3 Å². The maximum Gasteiger partial charge on any atom is 0.159 e. The van der Waals surface area contributed by atoms with E-state index in [1.54, 1.807) is 36.4 Å². The van der Waals surface area contributed by atoms with Gasteiger partial charge in [0.2, 0.25) is 0 Å². The minimum Gasteiger partial charge on any atom is -0.394 e. The van der Waals surface area contributed by atoms with Crippen LogP contribution in [-0.4, -0.2) is 33.1 Å². The van der Waals surface area contributed by atoms with Crippen LogP contribution in [0.1, 0.15) is 5.56 Å². The fourth-order valence-corrected chi connectivity index (χ4v) is 4.41. The predicted octanol–water partition coefficient (Wildman–Crippen LogP) is 3.17. The van der Waals surface area contributed by atoms with Crippen LogP contribution >= 0.6 is 35.0 Å². The maximum absolute atomic E-state index is 9.37. The van der Waals surface area contributed by atoms with E-state index in [4.69, 9.17) is 27.9 Å². The molecule has 0 aliphatic carbocycles. The molecular formula is C14H14Cl2N2O2S. The first-order chi connectivity index (χ1) is 10.1. The van der Waals surface area contributed by atoms with Gasteiger partial charge >= 0.3 is 0 Å². The highest BCUT2D eigenvalue weighted by atomic mass is 35.5. The summed E-state index contributed by atoms with van der Waals surface area (Å²) in [5.41, 5.74) is 0.864. The number of hydrogen-bond acceptors (Lipinski definition) is 4. The molecule has 0 saturated carbocycles. The topological polar surface area (TPSA) is 47.3 Å². The number of rotatable bonds is 4. The third-order valence-electron chi connectivity index (χ3n) is 3.35. The first-order valence-corrected chi connectivity index (χ1v) is 8.21. The molecule has 2 aromatic rings. The lowest BCUT2D eigenvalue weighted by atomic mass is 10.1. The Morgan fingerprint density at radius 3 is 2.95 bits per heavy atom. The number of aliphatic hydroxyl groups excluding tert-OH is 1. The van der Waals surface area contributed by atoms with Gasteiger partial charge in [0.25, 0.3) is 0 Å². The number of imidazole rings is 1. The minimum absolute atomic E-state index is 0.0100. The second-order valence-electron chi connectivity index (χ2n) is 4.85. The van der Waals surface area contributed by atoms with Crippen molar-refractivity contribution in [1.29, 1.82) is 0 Å². The number of nitrogens with zero attached hydrogens (tertiary/aromatic N) is 2. The third-order valence-corrected chi connectivity index (χ3v) is 5.35. The largest absolute Gasteiger partial charge is 0.394 e. The first kappa shape index (κ1) is 15.2. The Kier molecular flexibility index (Phi) is 4.47. The highest BCUT2D eigenvalue weighted by Crippen LogP contribution is 2.48. The molecule has 1 aliphatic rings. The van der Waals surface area contributed by atoms with E-state index >= 15 is 0 Å². The van der Waals surface area contributed by atoms with E-state index in [9.17, 15) is 5.11 Å². The monoisotopic (exact) mass is 344 g/mol. The Balaban J connectivity index is 1.99. The maximum atomic E-state index is 9.37. The summed E-state index contributed by atoms with van der Waals surface area (Å²) in [6.45, 7) is 0.555. The van der Waals surface area contributed by atoms with Gasteiger partial charge in [0, 0.05) is 33.8 Å². The summed E-state index contributed by atoms with van der Waals surface area (Å²) in [6.07, 6.45) is 5.13. The van der Waals surface area contributed by atoms with Gasteiger partial charge in [0.15, 0.2) is 4.93 Å². The summed E-state index contributed by atoms with van der Waals surface area (Å²) in [4.78, 5) is 3.42. The average molecular weight is 345 g/mol. The van der Waals surface area contributed by atoms with Gasteiger partial charge in [-0.15, -0.1) is 11.8 Å². The number of halogens is 2. The Bertz CT molecular complexity index is 623. The lowest BCUT2D eigenvalue weighted by molar-refractivity contribution is -0.0428. The van der Waals surface area contributed by atoms with Gasteiger partial charge in [-0.25, -0.2) is 4.98 Å². The average Bonchev–Trinajstić information content (AvgIpc) is 3.09. The van der Waals surface area contributed by atoms with E-state index in [1.807, 2.05) is 16.8 Å². The molecule has 1 N–H and O–H groups in total. The van der Waals surface area contributed by atoms with Gasteiger partial charge in [-0.2, -0.15) is 0 Å².